The average molecular weight is 290 g/mol. The second-order valence-corrected chi connectivity index (χ2v) is 4.99. The number of benzene rings is 2. The number of fused-ring (bicyclic) bond motifs is 1. The molecule has 0 aliphatic rings. The maximum atomic E-state index is 13.3. The molecule has 0 aliphatic heterocycles. The molecule has 0 bridgehead atoms. The number of imidazole rings is 1. The van der Waals surface area contributed by atoms with Gasteiger partial charge in [0, 0.05) is 17.1 Å². The van der Waals surface area contributed by atoms with Crippen LogP contribution in [0.5, 0.6) is 0 Å². The quantitative estimate of drug-likeness (QED) is 0.722. The van der Waals surface area contributed by atoms with Gasteiger partial charge in [0.1, 0.15) is 11.6 Å². The molecule has 3 rings (SSSR count). The summed E-state index contributed by atoms with van der Waals surface area (Å²) in [6, 6.07) is 10.2. The van der Waals surface area contributed by atoms with E-state index in [4.69, 9.17) is 17.3 Å². The summed E-state index contributed by atoms with van der Waals surface area (Å²) in [4.78, 5) is 4.59. The van der Waals surface area contributed by atoms with E-state index in [9.17, 15) is 4.39 Å². The summed E-state index contributed by atoms with van der Waals surface area (Å²) >= 11 is 6.00. The molecule has 2 aromatic carbocycles. The number of aryl methyl sites for hydroxylation is 1. The lowest BCUT2D eigenvalue weighted by atomic mass is 10.2. The highest BCUT2D eigenvalue weighted by Crippen LogP contribution is 2.28. The van der Waals surface area contributed by atoms with Gasteiger partial charge >= 0.3 is 0 Å². The number of hydrogen-bond acceptors (Lipinski definition) is 2. The number of rotatable bonds is 2. The highest BCUT2D eigenvalue weighted by Gasteiger charge is 2.13. The third-order valence-electron chi connectivity index (χ3n) is 3.28. The Kier molecular flexibility index (Phi) is 3.10. The lowest BCUT2D eigenvalue weighted by molar-refractivity contribution is 0.632. The summed E-state index contributed by atoms with van der Waals surface area (Å²) < 4.78 is 15.3. The number of halogens is 2. The largest absolute Gasteiger partial charge is 0.396 e. The van der Waals surface area contributed by atoms with E-state index in [-0.39, 0.29) is 5.69 Å². The molecule has 3 nitrogen and oxygen atoms in total. The Morgan fingerprint density at radius 2 is 2.05 bits per heavy atom. The number of anilines is 1. The molecule has 1 aromatic heterocycles. The van der Waals surface area contributed by atoms with E-state index in [0.29, 0.717) is 5.02 Å². The molecule has 0 radical (unpaired) electrons. The summed E-state index contributed by atoms with van der Waals surface area (Å²) in [5.41, 5.74) is 8.36. The Morgan fingerprint density at radius 1 is 1.25 bits per heavy atom. The van der Waals surface area contributed by atoms with E-state index in [1.165, 1.54) is 6.07 Å². The van der Waals surface area contributed by atoms with Gasteiger partial charge in [0.05, 0.1) is 16.7 Å². The second kappa shape index (κ2) is 4.80. The van der Waals surface area contributed by atoms with E-state index in [0.717, 1.165) is 29.0 Å². The zero-order chi connectivity index (χ0) is 14.3. The van der Waals surface area contributed by atoms with Crippen LogP contribution < -0.4 is 5.73 Å². The fraction of sp³-hybridized carbons (Fsp3) is 0.133. The van der Waals surface area contributed by atoms with Gasteiger partial charge in [-0.05, 0) is 43.3 Å². The standard InChI is InChI=1S/C15H13ClFN3/c1-2-20-14-6-4-10(16)8-13(14)19-15(20)9-3-5-11(17)12(18)7-9/h3-8H,2,18H2,1H3. The first-order valence-corrected chi connectivity index (χ1v) is 6.69. The van der Waals surface area contributed by atoms with Crippen LogP contribution >= 0.6 is 11.6 Å². The van der Waals surface area contributed by atoms with Gasteiger partial charge in [-0.25, -0.2) is 9.37 Å². The molecule has 0 unspecified atom stereocenters. The molecule has 1 heterocycles. The van der Waals surface area contributed by atoms with Crippen molar-refractivity contribution in [1.82, 2.24) is 9.55 Å². The van der Waals surface area contributed by atoms with Crippen molar-refractivity contribution in [3.8, 4) is 11.4 Å². The van der Waals surface area contributed by atoms with E-state index in [1.807, 2.05) is 25.1 Å². The van der Waals surface area contributed by atoms with Crippen LogP contribution in [0.1, 0.15) is 6.92 Å². The lowest BCUT2D eigenvalue weighted by Crippen LogP contribution is -1.98. The van der Waals surface area contributed by atoms with Crippen molar-refractivity contribution < 1.29 is 4.39 Å². The van der Waals surface area contributed by atoms with Gasteiger partial charge in [0.15, 0.2) is 0 Å². The van der Waals surface area contributed by atoms with Crippen molar-refractivity contribution in [3.63, 3.8) is 0 Å². The molecule has 0 spiro atoms. The first-order chi connectivity index (χ1) is 9.60. The van der Waals surface area contributed by atoms with Crippen LogP contribution in [0.3, 0.4) is 0 Å². The van der Waals surface area contributed by atoms with E-state index < -0.39 is 5.82 Å². The summed E-state index contributed by atoms with van der Waals surface area (Å²) in [7, 11) is 0. The molecule has 0 amide bonds. The van der Waals surface area contributed by atoms with Crippen LogP contribution in [0, 0.1) is 5.82 Å². The van der Waals surface area contributed by atoms with Crippen molar-refractivity contribution in [2.45, 2.75) is 13.5 Å². The van der Waals surface area contributed by atoms with Crippen LogP contribution in [-0.4, -0.2) is 9.55 Å². The maximum absolute atomic E-state index is 13.3. The molecule has 20 heavy (non-hydrogen) atoms. The molecule has 0 saturated heterocycles. The van der Waals surface area contributed by atoms with E-state index in [1.54, 1.807) is 12.1 Å². The Bertz CT molecular complexity index is 795. The maximum Gasteiger partial charge on any atom is 0.146 e. The van der Waals surface area contributed by atoms with Gasteiger partial charge < -0.3 is 10.3 Å². The van der Waals surface area contributed by atoms with Gasteiger partial charge in [-0.3, -0.25) is 0 Å². The first kappa shape index (κ1) is 12.9. The second-order valence-electron chi connectivity index (χ2n) is 4.55. The Balaban J connectivity index is 2.26. The molecule has 0 fully saturated rings. The average Bonchev–Trinajstić information content (AvgIpc) is 2.79. The SMILES string of the molecule is CCn1c(-c2ccc(F)c(N)c2)nc2cc(Cl)ccc21. The van der Waals surface area contributed by atoms with Gasteiger partial charge in [0.25, 0.3) is 0 Å². The number of hydrogen-bond donors (Lipinski definition) is 1. The molecule has 0 atom stereocenters. The van der Waals surface area contributed by atoms with Crippen LogP contribution in [0.2, 0.25) is 5.02 Å². The fourth-order valence-electron chi connectivity index (χ4n) is 2.33. The molecular formula is C15H13ClFN3. The minimum absolute atomic E-state index is 0.121. The highest BCUT2D eigenvalue weighted by molar-refractivity contribution is 6.31. The monoisotopic (exact) mass is 289 g/mol. The number of nitrogens with two attached hydrogens (primary N) is 1. The minimum atomic E-state index is -0.420. The third kappa shape index (κ3) is 2.02. The Labute approximate surface area is 120 Å². The predicted molar refractivity (Wildman–Crippen MR) is 80.2 cm³/mol. The smallest absolute Gasteiger partial charge is 0.146 e. The van der Waals surface area contributed by atoms with E-state index >= 15 is 0 Å². The van der Waals surface area contributed by atoms with Crippen molar-refractivity contribution >= 4 is 28.3 Å². The topological polar surface area (TPSA) is 43.8 Å². The Hall–Kier alpha value is -2.07. The molecular weight excluding hydrogens is 277 g/mol. The normalized spacial score (nSPS) is 11.2. The molecule has 0 saturated carbocycles. The summed E-state index contributed by atoms with van der Waals surface area (Å²) in [5.74, 6) is 0.340. The van der Waals surface area contributed by atoms with Gasteiger partial charge in [-0.2, -0.15) is 0 Å². The molecule has 2 N–H and O–H groups in total. The zero-order valence-electron chi connectivity index (χ0n) is 10.9. The first-order valence-electron chi connectivity index (χ1n) is 6.31. The molecule has 3 aromatic rings. The lowest BCUT2D eigenvalue weighted by Gasteiger charge is -2.07. The van der Waals surface area contributed by atoms with Gasteiger partial charge in [-0.15, -0.1) is 0 Å². The fourth-order valence-corrected chi connectivity index (χ4v) is 2.49. The zero-order valence-corrected chi connectivity index (χ0v) is 11.7. The van der Waals surface area contributed by atoms with Crippen LogP contribution in [0.4, 0.5) is 10.1 Å². The van der Waals surface area contributed by atoms with Crippen molar-refractivity contribution in [2.24, 2.45) is 0 Å². The van der Waals surface area contributed by atoms with Crippen molar-refractivity contribution in [3.05, 3.63) is 47.2 Å². The van der Waals surface area contributed by atoms with Crippen molar-refractivity contribution in [1.29, 1.82) is 0 Å². The number of nitrogens with zero attached hydrogens (tertiary/aromatic N) is 2. The summed E-state index contributed by atoms with van der Waals surface area (Å²) in [5, 5.41) is 0.642. The van der Waals surface area contributed by atoms with Crippen molar-refractivity contribution in [2.75, 3.05) is 5.73 Å². The molecule has 0 aliphatic carbocycles. The minimum Gasteiger partial charge on any atom is -0.396 e. The number of aromatic nitrogens is 2. The van der Waals surface area contributed by atoms with Gasteiger partial charge in [0.2, 0.25) is 0 Å². The van der Waals surface area contributed by atoms with Gasteiger partial charge in [-0.1, -0.05) is 11.6 Å². The highest BCUT2D eigenvalue weighted by atomic mass is 35.5. The summed E-state index contributed by atoms with van der Waals surface area (Å²) in [6.45, 7) is 2.79. The van der Waals surface area contributed by atoms with Crippen LogP contribution in [-0.2, 0) is 6.54 Å². The van der Waals surface area contributed by atoms with Crippen LogP contribution in [0.15, 0.2) is 36.4 Å². The number of nitrogen functional groups attached to an aromatic ring is 1. The molecule has 102 valence electrons. The molecule has 5 heteroatoms. The van der Waals surface area contributed by atoms with Crippen LogP contribution in [0.25, 0.3) is 22.4 Å². The summed E-state index contributed by atoms with van der Waals surface area (Å²) in [6.07, 6.45) is 0. The third-order valence-corrected chi connectivity index (χ3v) is 3.52. The van der Waals surface area contributed by atoms with E-state index in [2.05, 4.69) is 9.55 Å². The predicted octanol–water partition coefficient (Wildman–Crippen LogP) is 4.10. The Morgan fingerprint density at radius 3 is 2.75 bits per heavy atom.